The molecule has 0 aromatic heterocycles. The lowest BCUT2D eigenvalue weighted by molar-refractivity contribution is 0.516. The van der Waals surface area contributed by atoms with Crippen molar-refractivity contribution in [2.75, 3.05) is 6.54 Å². The van der Waals surface area contributed by atoms with Gasteiger partial charge in [0.15, 0.2) is 0 Å². The van der Waals surface area contributed by atoms with Gasteiger partial charge in [-0.2, -0.15) is 0 Å². The van der Waals surface area contributed by atoms with Crippen LogP contribution in [0.2, 0.25) is 0 Å². The molecule has 0 atom stereocenters. The zero-order valence-electron chi connectivity index (χ0n) is 10.1. The molecule has 0 spiro atoms. The van der Waals surface area contributed by atoms with E-state index in [2.05, 4.69) is 45.9 Å². The van der Waals surface area contributed by atoms with E-state index in [0.29, 0.717) is 0 Å². The SMILES string of the molecule is NCCc1cc(Br)ccc1SC1CCCCC1. The molecular weight excluding hydrogens is 294 g/mol. The van der Waals surface area contributed by atoms with Crippen LogP contribution in [0.5, 0.6) is 0 Å². The van der Waals surface area contributed by atoms with E-state index in [9.17, 15) is 0 Å². The topological polar surface area (TPSA) is 26.0 Å². The third-order valence-electron chi connectivity index (χ3n) is 3.28. The second-order valence-electron chi connectivity index (χ2n) is 4.67. The number of hydrogen-bond donors (Lipinski definition) is 1. The summed E-state index contributed by atoms with van der Waals surface area (Å²) in [6.45, 7) is 0.731. The van der Waals surface area contributed by atoms with Gasteiger partial charge in [-0.05, 0) is 49.6 Å². The quantitative estimate of drug-likeness (QED) is 0.893. The summed E-state index contributed by atoms with van der Waals surface area (Å²) in [6, 6.07) is 6.61. The van der Waals surface area contributed by atoms with Crippen LogP contribution in [0, 0.1) is 0 Å². The van der Waals surface area contributed by atoms with E-state index in [1.54, 1.807) is 0 Å². The monoisotopic (exact) mass is 313 g/mol. The summed E-state index contributed by atoms with van der Waals surface area (Å²) in [6.07, 6.45) is 7.97. The lowest BCUT2D eigenvalue weighted by Crippen LogP contribution is -2.09. The molecule has 1 fully saturated rings. The lowest BCUT2D eigenvalue weighted by Gasteiger charge is -2.22. The third kappa shape index (κ3) is 4.01. The number of rotatable bonds is 4. The van der Waals surface area contributed by atoms with E-state index in [1.165, 1.54) is 42.6 Å². The highest BCUT2D eigenvalue weighted by Gasteiger charge is 2.16. The molecule has 1 aromatic carbocycles. The highest BCUT2D eigenvalue weighted by atomic mass is 79.9. The molecule has 0 bridgehead atoms. The molecule has 1 aliphatic carbocycles. The standard InChI is InChI=1S/C14H20BrNS/c15-12-6-7-14(11(10-12)8-9-16)17-13-4-2-1-3-5-13/h6-7,10,13H,1-5,8-9,16H2. The van der Waals surface area contributed by atoms with Crippen molar-refractivity contribution in [3.8, 4) is 0 Å². The van der Waals surface area contributed by atoms with Crippen LogP contribution in [0.3, 0.4) is 0 Å². The Bertz CT molecular complexity index is 361. The fourth-order valence-electron chi connectivity index (χ4n) is 2.38. The van der Waals surface area contributed by atoms with Gasteiger partial charge in [0.25, 0.3) is 0 Å². The minimum absolute atomic E-state index is 0.731. The van der Waals surface area contributed by atoms with Crippen LogP contribution in [0.1, 0.15) is 37.7 Å². The van der Waals surface area contributed by atoms with Gasteiger partial charge in [0.2, 0.25) is 0 Å². The predicted molar refractivity (Wildman–Crippen MR) is 79.6 cm³/mol. The zero-order valence-corrected chi connectivity index (χ0v) is 12.5. The Kier molecular flexibility index (Phi) is 5.39. The van der Waals surface area contributed by atoms with Gasteiger partial charge in [-0.1, -0.05) is 35.2 Å². The van der Waals surface area contributed by atoms with Gasteiger partial charge < -0.3 is 5.73 Å². The Morgan fingerprint density at radius 1 is 1.24 bits per heavy atom. The summed E-state index contributed by atoms with van der Waals surface area (Å²) in [5, 5.41) is 0.821. The van der Waals surface area contributed by atoms with Crippen LogP contribution in [0.15, 0.2) is 27.6 Å². The first-order chi connectivity index (χ1) is 8.29. The molecule has 17 heavy (non-hydrogen) atoms. The first kappa shape index (κ1) is 13.4. The molecule has 0 radical (unpaired) electrons. The van der Waals surface area contributed by atoms with Crippen LogP contribution in [-0.4, -0.2) is 11.8 Å². The van der Waals surface area contributed by atoms with Crippen LogP contribution in [-0.2, 0) is 6.42 Å². The fourth-order valence-corrected chi connectivity index (χ4v) is 4.17. The van der Waals surface area contributed by atoms with Crippen molar-refractivity contribution >= 4 is 27.7 Å². The van der Waals surface area contributed by atoms with E-state index >= 15 is 0 Å². The summed E-state index contributed by atoms with van der Waals surface area (Å²) in [5.74, 6) is 0. The number of benzene rings is 1. The molecule has 1 aliphatic rings. The normalized spacial score (nSPS) is 17.3. The Hall–Kier alpha value is 0.01000. The molecule has 1 aromatic rings. The Morgan fingerprint density at radius 2 is 2.00 bits per heavy atom. The first-order valence-corrected chi connectivity index (χ1v) is 8.12. The van der Waals surface area contributed by atoms with Crippen LogP contribution in [0.25, 0.3) is 0 Å². The smallest absolute Gasteiger partial charge is 0.0178 e. The Morgan fingerprint density at radius 3 is 2.71 bits per heavy atom. The highest BCUT2D eigenvalue weighted by molar-refractivity contribution is 9.10. The van der Waals surface area contributed by atoms with Gasteiger partial charge in [-0.25, -0.2) is 0 Å². The van der Waals surface area contributed by atoms with Crippen molar-refractivity contribution in [1.82, 2.24) is 0 Å². The minimum Gasteiger partial charge on any atom is -0.330 e. The average molecular weight is 314 g/mol. The number of thioether (sulfide) groups is 1. The molecule has 1 nitrogen and oxygen atoms in total. The predicted octanol–water partition coefficient (Wildman–Crippen LogP) is 4.38. The van der Waals surface area contributed by atoms with Crippen molar-refractivity contribution in [3.63, 3.8) is 0 Å². The number of hydrogen-bond acceptors (Lipinski definition) is 2. The Balaban J connectivity index is 2.07. The van der Waals surface area contributed by atoms with E-state index in [4.69, 9.17) is 5.73 Å². The summed E-state index contributed by atoms with van der Waals surface area (Å²) >= 11 is 5.60. The van der Waals surface area contributed by atoms with Gasteiger partial charge in [0, 0.05) is 14.6 Å². The van der Waals surface area contributed by atoms with Crippen molar-refractivity contribution in [2.45, 2.75) is 48.7 Å². The molecule has 2 rings (SSSR count). The maximum atomic E-state index is 5.69. The largest absolute Gasteiger partial charge is 0.330 e. The van der Waals surface area contributed by atoms with Crippen LogP contribution in [0.4, 0.5) is 0 Å². The molecule has 0 amide bonds. The number of nitrogens with two attached hydrogens (primary N) is 1. The van der Waals surface area contributed by atoms with Crippen molar-refractivity contribution in [3.05, 3.63) is 28.2 Å². The third-order valence-corrected chi connectivity index (χ3v) is 5.23. The second-order valence-corrected chi connectivity index (χ2v) is 6.93. The molecule has 2 N–H and O–H groups in total. The molecule has 0 saturated heterocycles. The van der Waals surface area contributed by atoms with E-state index < -0.39 is 0 Å². The van der Waals surface area contributed by atoms with Gasteiger partial charge in [-0.3, -0.25) is 0 Å². The molecule has 1 saturated carbocycles. The fraction of sp³-hybridized carbons (Fsp3) is 0.571. The minimum atomic E-state index is 0.731. The first-order valence-electron chi connectivity index (χ1n) is 6.45. The van der Waals surface area contributed by atoms with Crippen molar-refractivity contribution in [1.29, 1.82) is 0 Å². The highest BCUT2D eigenvalue weighted by Crippen LogP contribution is 2.36. The molecule has 0 unspecified atom stereocenters. The van der Waals surface area contributed by atoms with Crippen LogP contribution < -0.4 is 5.73 Å². The molecule has 3 heteroatoms. The molecule has 0 heterocycles. The maximum Gasteiger partial charge on any atom is 0.0178 e. The van der Waals surface area contributed by atoms with E-state index in [1.807, 2.05) is 0 Å². The second kappa shape index (κ2) is 6.81. The van der Waals surface area contributed by atoms with Crippen molar-refractivity contribution in [2.24, 2.45) is 5.73 Å². The summed E-state index contributed by atoms with van der Waals surface area (Å²) in [5.41, 5.74) is 7.09. The molecule has 94 valence electrons. The lowest BCUT2D eigenvalue weighted by atomic mass is 10.0. The summed E-state index contributed by atoms with van der Waals surface area (Å²) < 4.78 is 1.16. The molecular formula is C14H20BrNS. The van der Waals surface area contributed by atoms with Gasteiger partial charge in [-0.15, -0.1) is 11.8 Å². The van der Waals surface area contributed by atoms with E-state index in [0.717, 1.165) is 22.7 Å². The van der Waals surface area contributed by atoms with Crippen LogP contribution >= 0.6 is 27.7 Å². The van der Waals surface area contributed by atoms with Gasteiger partial charge >= 0.3 is 0 Å². The summed E-state index contributed by atoms with van der Waals surface area (Å²) in [4.78, 5) is 1.44. The zero-order chi connectivity index (χ0) is 12.1. The van der Waals surface area contributed by atoms with E-state index in [-0.39, 0.29) is 0 Å². The van der Waals surface area contributed by atoms with Crippen molar-refractivity contribution < 1.29 is 0 Å². The summed E-state index contributed by atoms with van der Waals surface area (Å²) in [7, 11) is 0. The van der Waals surface area contributed by atoms with Gasteiger partial charge in [0.05, 0.1) is 0 Å². The molecule has 0 aliphatic heterocycles. The number of halogens is 1. The average Bonchev–Trinajstić information content (AvgIpc) is 2.34. The maximum absolute atomic E-state index is 5.69. The Labute approximate surface area is 117 Å². The van der Waals surface area contributed by atoms with Gasteiger partial charge in [0.1, 0.15) is 0 Å².